The first-order valence-electron chi connectivity index (χ1n) is 10.4. The lowest BCUT2D eigenvalue weighted by molar-refractivity contribution is -0.117. The van der Waals surface area contributed by atoms with E-state index >= 15 is 0 Å². The molecule has 0 aromatic heterocycles. The molecule has 4 bridgehead atoms. The lowest BCUT2D eigenvalue weighted by atomic mass is 9.53. The molecule has 2 atom stereocenters. The quantitative estimate of drug-likeness (QED) is 0.527. The number of sulfonamides is 1. The number of benzene rings is 1. The highest BCUT2D eigenvalue weighted by molar-refractivity contribution is 7.89. The predicted molar refractivity (Wildman–Crippen MR) is 111 cm³/mol. The van der Waals surface area contributed by atoms with Gasteiger partial charge >= 0.3 is 0 Å². The van der Waals surface area contributed by atoms with Crippen LogP contribution in [0.25, 0.3) is 0 Å². The molecule has 4 N–H and O–H groups in total. The van der Waals surface area contributed by atoms with Crippen molar-refractivity contribution in [1.29, 1.82) is 0 Å². The lowest BCUT2D eigenvalue weighted by Crippen LogP contribution is -2.59. The van der Waals surface area contributed by atoms with Crippen LogP contribution in [0, 0.1) is 17.8 Å². The van der Waals surface area contributed by atoms with E-state index < -0.39 is 16.1 Å². The van der Waals surface area contributed by atoms with Gasteiger partial charge in [-0.15, -0.1) is 11.6 Å². The van der Waals surface area contributed by atoms with Crippen LogP contribution in [0.15, 0.2) is 29.2 Å². The van der Waals surface area contributed by atoms with Crippen LogP contribution >= 0.6 is 11.6 Å². The molecule has 1 aromatic carbocycles. The van der Waals surface area contributed by atoms with E-state index in [1.807, 2.05) is 0 Å². The number of carbonyl (C=O) groups is 1. The van der Waals surface area contributed by atoms with Crippen molar-refractivity contribution in [3.05, 3.63) is 24.3 Å². The molecule has 9 heteroatoms. The predicted octanol–water partition coefficient (Wildman–Crippen LogP) is 1.96. The van der Waals surface area contributed by atoms with E-state index in [1.54, 1.807) is 24.3 Å². The van der Waals surface area contributed by atoms with Crippen molar-refractivity contribution >= 4 is 33.2 Å². The van der Waals surface area contributed by atoms with Crippen molar-refractivity contribution in [2.45, 2.75) is 60.4 Å². The first-order chi connectivity index (χ1) is 13.8. The van der Waals surface area contributed by atoms with E-state index in [-0.39, 0.29) is 21.7 Å². The molecule has 6 rings (SSSR count). The molecular formula is C20H27ClN4O3S. The number of amides is 1. The van der Waals surface area contributed by atoms with Crippen LogP contribution < -0.4 is 20.9 Å². The van der Waals surface area contributed by atoms with Gasteiger partial charge in [-0.05, 0) is 80.5 Å². The first-order valence-corrected chi connectivity index (χ1v) is 12.3. The van der Waals surface area contributed by atoms with Crippen LogP contribution in [0.5, 0.6) is 0 Å². The fourth-order valence-corrected chi connectivity index (χ4v) is 7.91. The molecule has 1 aliphatic heterocycles. The van der Waals surface area contributed by atoms with Crippen LogP contribution in [0.4, 0.5) is 5.69 Å². The molecule has 2 unspecified atom stereocenters. The van der Waals surface area contributed by atoms with Gasteiger partial charge in [-0.3, -0.25) is 10.2 Å². The third-order valence-electron chi connectivity index (χ3n) is 7.02. The Balaban J connectivity index is 1.27. The van der Waals surface area contributed by atoms with Gasteiger partial charge in [-0.1, -0.05) is 0 Å². The SMILES string of the molecule is O=C(Nc1ccc(S(=O)(=O)NC23CC4CC(CC(C4)C2)C3)cc1)C1NNCC1Cl. The van der Waals surface area contributed by atoms with Gasteiger partial charge in [0.2, 0.25) is 15.9 Å². The molecule has 5 aliphatic rings. The lowest BCUT2D eigenvalue weighted by Gasteiger charge is -2.56. The smallest absolute Gasteiger partial charge is 0.244 e. The van der Waals surface area contributed by atoms with Crippen molar-refractivity contribution < 1.29 is 13.2 Å². The number of hydrazine groups is 1. The number of rotatable bonds is 5. The average Bonchev–Trinajstić information content (AvgIpc) is 3.06. The number of nitrogens with one attached hydrogen (secondary N) is 4. The Morgan fingerprint density at radius 2 is 1.62 bits per heavy atom. The fourth-order valence-electron chi connectivity index (χ4n) is 6.22. The second kappa shape index (κ2) is 7.20. The number of alkyl halides is 1. The summed E-state index contributed by atoms with van der Waals surface area (Å²) in [4.78, 5) is 12.5. The maximum atomic E-state index is 13.1. The molecule has 4 saturated carbocycles. The molecule has 1 heterocycles. The standard InChI is InChI=1S/C20H27ClN4O3S/c21-17-11-22-24-18(17)19(26)23-15-1-3-16(4-2-15)29(27,28)25-20-8-12-5-13(9-20)7-14(6-12)10-20/h1-4,12-14,17-18,22,24-25H,5-11H2,(H,23,26). The molecule has 0 spiro atoms. The molecule has 1 aromatic rings. The molecule has 1 amide bonds. The van der Waals surface area contributed by atoms with E-state index in [0.717, 1.165) is 19.3 Å². The normalized spacial score (nSPS) is 38.3. The van der Waals surface area contributed by atoms with Crippen LogP contribution in [-0.4, -0.2) is 37.8 Å². The van der Waals surface area contributed by atoms with Crippen molar-refractivity contribution in [3.8, 4) is 0 Å². The monoisotopic (exact) mass is 438 g/mol. The summed E-state index contributed by atoms with van der Waals surface area (Å²) in [7, 11) is -3.60. The molecule has 0 radical (unpaired) electrons. The van der Waals surface area contributed by atoms with Crippen LogP contribution in [-0.2, 0) is 14.8 Å². The largest absolute Gasteiger partial charge is 0.325 e. The molecule has 29 heavy (non-hydrogen) atoms. The van der Waals surface area contributed by atoms with E-state index in [4.69, 9.17) is 11.6 Å². The van der Waals surface area contributed by atoms with E-state index in [2.05, 4.69) is 20.9 Å². The van der Waals surface area contributed by atoms with Gasteiger partial charge in [0.05, 0.1) is 10.3 Å². The summed E-state index contributed by atoms with van der Waals surface area (Å²) < 4.78 is 29.2. The topological polar surface area (TPSA) is 99.3 Å². The van der Waals surface area contributed by atoms with Gasteiger partial charge in [-0.2, -0.15) is 0 Å². The third-order valence-corrected chi connectivity index (χ3v) is 9.02. The molecule has 5 fully saturated rings. The fraction of sp³-hybridized carbons (Fsp3) is 0.650. The van der Waals surface area contributed by atoms with Gasteiger partial charge in [0, 0.05) is 17.8 Å². The van der Waals surface area contributed by atoms with E-state index in [1.165, 1.54) is 19.3 Å². The highest BCUT2D eigenvalue weighted by Crippen LogP contribution is 2.55. The van der Waals surface area contributed by atoms with E-state index in [0.29, 0.717) is 30.0 Å². The zero-order valence-corrected chi connectivity index (χ0v) is 17.7. The second-order valence-electron chi connectivity index (χ2n) is 9.34. The van der Waals surface area contributed by atoms with Crippen molar-refractivity contribution in [2.75, 3.05) is 11.9 Å². The number of hydrogen-bond donors (Lipinski definition) is 4. The first kappa shape index (κ1) is 19.8. The van der Waals surface area contributed by atoms with Crippen LogP contribution in [0.3, 0.4) is 0 Å². The van der Waals surface area contributed by atoms with Crippen LogP contribution in [0.1, 0.15) is 38.5 Å². The maximum Gasteiger partial charge on any atom is 0.244 e. The number of halogens is 1. The summed E-state index contributed by atoms with van der Waals surface area (Å²) in [6.45, 7) is 0.507. The minimum atomic E-state index is -3.60. The second-order valence-corrected chi connectivity index (χ2v) is 11.6. The summed E-state index contributed by atoms with van der Waals surface area (Å²) in [5, 5.41) is 2.44. The molecule has 4 aliphatic carbocycles. The number of hydrogen-bond acceptors (Lipinski definition) is 5. The minimum absolute atomic E-state index is 0.238. The maximum absolute atomic E-state index is 13.1. The molecular weight excluding hydrogens is 412 g/mol. The molecule has 7 nitrogen and oxygen atoms in total. The van der Waals surface area contributed by atoms with Crippen molar-refractivity contribution in [2.24, 2.45) is 17.8 Å². The summed E-state index contributed by atoms with van der Waals surface area (Å²) in [5.41, 5.74) is 5.96. The van der Waals surface area contributed by atoms with Crippen LogP contribution in [0.2, 0.25) is 0 Å². The van der Waals surface area contributed by atoms with Gasteiger partial charge in [0.25, 0.3) is 0 Å². The highest BCUT2D eigenvalue weighted by atomic mass is 35.5. The van der Waals surface area contributed by atoms with Gasteiger partial charge in [-0.25, -0.2) is 18.6 Å². The van der Waals surface area contributed by atoms with Gasteiger partial charge < -0.3 is 5.32 Å². The zero-order valence-electron chi connectivity index (χ0n) is 16.2. The Labute approximate surface area is 176 Å². The Kier molecular flexibility index (Phi) is 4.90. The minimum Gasteiger partial charge on any atom is -0.325 e. The van der Waals surface area contributed by atoms with Crippen molar-refractivity contribution in [3.63, 3.8) is 0 Å². The third kappa shape index (κ3) is 3.81. The average molecular weight is 439 g/mol. The number of anilines is 1. The summed E-state index contributed by atoms with van der Waals surface area (Å²) in [6.07, 6.45) is 6.70. The van der Waals surface area contributed by atoms with Gasteiger partial charge in [0.1, 0.15) is 6.04 Å². The Morgan fingerprint density at radius 3 is 2.14 bits per heavy atom. The van der Waals surface area contributed by atoms with E-state index in [9.17, 15) is 13.2 Å². The molecule has 158 valence electrons. The Morgan fingerprint density at radius 1 is 1.03 bits per heavy atom. The number of carbonyl (C=O) groups excluding carboxylic acids is 1. The highest BCUT2D eigenvalue weighted by Gasteiger charge is 2.52. The van der Waals surface area contributed by atoms with Gasteiger partial charge in [0.15, 0.2) is 0 Å². The molecule has 1 saturated heterocycles. The summed E-state index contributed by atoms with van der Waals surface area (Å²) in [5.74, 6) is 1.76. The summed E-state index contributed by atoms with van der Waals surface area (Å²) >= 11 is 6.10. The Hall–Kier alpha value is -1.19. The summed E-state index contributed by atoms with van der Waals surface area (Å²) in [6, 6.07) is 5.82. The van der Waals surface area contributed by atoms with Crippen molar-refractivity contribution in [1.82, 2.24) is 15.6 Å². The zero-order chi connectivity index (χ0) is 20.2. The Bertz CT molecular complexity index is 870.